The van der Waals surface area contributed by atoms with Crippen molar-refractivity contribution in [2.45, 2.75) is 51.9 Å². The van der Waals surface area contributed by atoms with E-state index in [4.69, 9.17) is 9.73 Å². The van der Waals surface area contributed by atoms with Gasteiger partial charge < -0.3 is 9.64 Å². The first-order chi connectivity index (χ1) is 17.4. The predicted octanol–water partition coefficient (Wildman–Crippen LogP) is 7.10. The summed E-state index contributed by atoms with van der Waals surface area (Å²) in [6, 6.07) is 15.3. The van der Waals surface area contributed by atoms with Crippen LogP contribution in [-0.4, -0.2) is 18.8 Å². The van der Waals surface area contributed by atoms with E-state index >= 15 is 0 Å². The molecule has 0 fully saturated rings. The number of aliphatic imine (C=N–C) groups is 1. The standard InChI is InChI=1S/C32H31N3O/c1-21-16-25(27(20-33)31-32(2,3)28-10-4-5-11-29(28)34-31)19-26(36-21)13-12-22-17-23-8-6-14-35-15-7-9-24(18-22)30(23)35/h4-5,10-13,16-19H,6-9,14-15H2,1-3H3/b13-12?,27-25+. The number of hydrogen-bond donors (Lipinski definition) is 0. The van der Waals surface area contributed by atoms with Gasteiger partial charge in [-0.2, -0.15) is 5.26 Å². The van der Waals surface area contributed by atoms with Crippen molar-refractivity contribution in [1.82, 2.24) is 0 Å². The van der Waals surface area contributed by atoms with Crippen LogP contribution in [0, 0.1) is 11.3 Å². The second kappa shape index (κ2) is 8.68. The molecule has 0 bridgehead atoms. The Morgan fingerprint density at radius 1 is 1.06 bits per heavy atom. The number of rotatable bonds is 3. The van der Waals surface area contributed by atoms with Crippen molar-refractivity contribution < 1.29 is 4.74 Å². The third-order valence-corrected chi connectivity index (χ3v) is 7.77. The van der Waals surface area contributed by atoms with Crippen LogP contribution < -0.4 is 4.90 Å². The van der Waals surface area contributed by atoms with Gasteiger partial charge in [0.2, 0.25) is 0 Å². The van der Waals surface area contributed by atoms with Crippen LogP contribution in [0.4, 0.5) is 11.4 Å². The topological polar surface area (TPSA) is 48.6 Å². The highest BCUT2D eigenvalue weighted by molar-refractivity contribution is 6.15. The molecule has 0 N–H and O–H groups in total. The summed E-state index contributed by atoms with van der Waals surface area (Å²) in [5.74, 6) is 1.50. The van der Waals surface area contributed by atoms with Gasteiger partial charge in [0.25, 0.3) is 0 Å². The van der Waals surface area contributed by atoms with E-state index in [9.17, 15) is 5.26 Å². The van der Waals surface area contributed by atoms with E-state index in [-0.39, 0.29) is 5.41 Å². The highest BCUT2D eigenvalue weighted by Crippen LogP contribution is 2.43. The summed E-state index contributed by atoms with van der Waals surface area (Å²) in [6.07, 6.45) is 12.8. The van der Waals surface area contributed by atoms with Crippen LogP contribution in [0.25, 0.3) is 6.08 Å². The van der Waals surface area contributed by atoms with Crippen LogP contribution in [0.3, 0.4) is 0 Å². The van der Waals surface area contributed by atoms with Gasteiger partial charge in [-0.1, -0.05) is 38.1 Å². The highest BCUT2D eigenvalue weighted by Gasteiger charge is 2.37. The molecule has 2 aromatic rings. The van der Waals surface area contributed by atoms with Gasteiger partial charge in [0.1, 0.15) is 17.6 Å². The summed E-state index contributed by atoms with van der Waals surface area (Å²) in [4.78, 5) is 7.45. The molecule has 4 heterocycles. The highest BCUT2D eigenvalue weighted by atomic mass is 16.5. The number of nitriles is 1. The minimum absolute atomic E-state index is 0.336. The van der Waals surface area contributed by atoms with E-state index in [2.05, 4.69) is 49.1 Å². The van der Waals surface area contributed by atoms with Gasteiger partial charge >= 0.3 is 0 Å². The zero-order valence-corrected chi connectivity index (χ0v) is 21.3. The molecule has 0 radical (unpaired) electrons. The summed E-state index contributed by atoms with van der Waals surface area (Å²) >= 11 is 0. The van der Waals surface area contributed by atoms with Crippen molar-refractivity contribution >= 4 is 23.2 Å². The summed E-state index contributed by atoms with van der Waals surface area (Å²) in [6.45, 7) is 8.58. The van der Waals surface area contributed by atoms with E-state index in [1.165, 1.54) is 48.3 Å². The van der Waals surface area contributed by atoms with Crippen LogP contribution in [0.1, 0.15) is 55.9 Å². The lowest BCUT2D eigenvalue weighted by atomic mass is 9.78. The van der Waals surface area contributed by atoms with Crippen molar-refractivity contribution in [2.24, 2.45) is 4.99 Å². The molecule has 4 aliphatic rings. The average molecular weight is 474 g/mol. The maximum absolute atomic E-state index is 10.2. The molecule has 0 atom stereocenters. The van der Waals surface area contributed by atoms with Crippen molar-refractivity contribution in [2.75, 3.05) is 18.0 Å². The predicted molar refractivity (Wildman–Crippen MR) is 146 cm³/mol. The quantitative estimate of drug-likeness (QED) is 0.447. The summed E-state index contributed by atoms with van der Waals surface area (Å²) in [5.41, 5.74) is 9.66. The lowest BCUT2D eigenvalue weighted by Crippen LogP contribution is -2.34. The number of anilines is 1. The van der Waals surface area contributed by atoms with E-state index < -0.39 is 0 Å². The minimum Gasteiger partial charge on any atom is -0.462 e. The van der Waals surface area contributed by atoms with Crippen molar-refractivity contribution in [1.29, 1.82) is 5.26 Å². The third kappa shape index (κ3) is 3.80. The van der Waals surface area contributed by atoms with Gasteiger partial charge in [0, 0.05) is 29.8 Å². The second-order valence-electron chi connectivity index (χ2n) is 10.7. The minimum atomic E-state index is -0.336. The number of nitrogens with zero attached hydrogens (tertiary/aromatic N) is 3. The summed E-state index contributed by atoms with van der Waals surface area (Å²) in [5, 5.41) is 10.2. The normalized spacial score (nSPS) is 21.1. The molecule has 36 heavy (non-hydrogen) atoms. The Labute approximate surface area is 213 Å². The number of hydrogen-bond acceptors (Lipinski definition) is 4. The molecule has 0 saturated heterocycles. The van der Waals surface area contributed by atoms with Crippen LogP contribution in [0.2, 0.25) is 0 Å². The number of benzene rings is 2. The monoisotopic (exact) mass is 473 g/mol. The van der Waals surface area contributed by atoms with Gasteiger partial charge in [-0.05, 0) is 91.3 Å². The number of fused-ring (bicyclic) bond motifs is 1. The Balaban J connectivity index is 1.35. The molecule has 0 spiro atoms. The molecule has 4 nitrogen and oxygen atoms in total. The number of ether oxygens (including phenoxy) is 1. The fourth-order valence-corrected chi connectivity index (χ4v) is 6.10. The first-order valence-electron chi connectivity index (χ1n) is 12.9. The van der Waals surface area contributed by atoms with Gasteiger partial charge in [0.05, 0.1) is 17.0 Å². The smallest absolute Gasteiger partial charge is 0.127 e. The zero-order valence-electron chi connectivity index (χ0n) is 21.3. The Bertz CT molecular complexity index is 1430. The molecule has 4 heteroatoms. The largest absolute Gasteiger partial charge is 0.462 e. The Morgan fingerprint density at radius 2 is 1.78 bits per heavy atom. The number of para-hydroxylation sites is 1. The third-order valence-electron chi connectivity index (χ3n) is 7.77. The summed E-state index contributed by atoms with van der Waals surface area (Å²) in [7, 11) is 0. The molecule has 0 unspecified atom stereocenters. The fraction of sp³-hybridized carbons (Fsp3) is 0.312. The lowest BCUT2D eigenvalue weighted by Gasteiger charge is -2.37. The zero-order chi connectivity index (χ0) is 24.9. The van der Waals surface area contributed by atoms with Gasteiger partial charge in [-0.25, -0.2) is 0 Å². The first kappa shape index (κ1) is 22.6. The van der Waals surface area contributed by atoms with Crippen molar-refractivity contribution in [3.8, 4) is 6.07 Å². The molecular formula is C32H31N3O. The maximum atomic E-state index is 10.2. The number of aryl methyl sites for hydroxylation is 2. The maximum Gasteiger partial charge on any atom is 0.127 e. The first-order valence-corrected chi connectivity index (χ1v) is 12.9. The molecule has 0 aliphatic carbocycles. The Kier molecular flexibility index (Phi) is 5.45. The van der Waals surface area contributed by atoms with E-state index in [0.717, 1.165) is 46.9 Å². The van der Waals surface area contributed by atoms with Crippen LogP contribution in [0.5, 0.6) is 0 Å². The molecule has 0 aromatic heterocycles. The average Bonchev–Trinajstić information content (AvgIpc) is 3.14. The molecule has 4 aliphatic heterocycles. The van der Waals surface area contributed by atoms with Gasteiger partial charge in [-0.3, -0.25) is 4.99 Å². The van der Waals surface area contributed by atoms with E-state index in [1.807, 2.05) is 43.4 Å². The van der Waals surface area contributed by atoms with Gasteiger partial charge in [-0.15, -0.1) is 0 Å². The molecule has 180 valence electrons. The SMILES string of the molecule is CC1=C/C(=C(/C#N)C2=Nc3ccccc3C2(C)C)C=C(C=Cc2cc3c4c(c2)CCCN4CCC3)O1. The van der Waals surface area contributed by atoms with Crippen molar-refractivity contribution in [3.63, 3.8) is 0 Å². The Morgan fingerprint density at radius 3 is 2.47 bits per heavy atom. The lowest BCUT2D eigenvalue weighted by molar-refractivity contribution is 0.318. The second-order valence-corrected chi connectivity index (χ2v) is 10.7. The van der Waals surface area contributed by atoms with Crippen LogP contribution in [-0.2, 0) is 23.0 Å². The van der Waals surface area contributed by atoms with Crippen LogP contribution in [0.15, 0.2) is 82.3 Å². The van der Waals surface area contributed by atoms with Crippen molar-refractivity contribution in [3.05, 3.63) is 99.5 Å². The van der Waals surface area contributed by atoms with E-state index in [0.29, 0.717) is 5.57 Å². The van der Waals surface area contributed by atoms with Gasteiger partial charge in [0.15, 0.2) is 0 Å². The summed E-state index contributed by atoms with van der Waals surface area (Å²) < 4.78 is 6.05. The molecule has 2 aromatic carbocycles. The molecule has 0 amide bonds. The van der Waals surface area contributed by atoms with Crippen LogP contribution >= 0.6 is 0 Å². The van der Waals surface area contributed by atoms with E-state index in [1.54, 1.807) is 0 Å². The molecular weight excluding hydrogens is 442 g/mol. The Hall–Kier alpha value is -3.84. The fourth-order valence-electron chi connectivity index (χ4n) is 6.10. The molecule has 6 rings (SSSR count). The number of allylic oxidation sites excluding steroid dienone is 6. The molecule has 0 saturated carbocycles.